The van der Waals surface area contributed by atoms with Crippen molar-refractivity contribution >= 4 is 21.6 Å². The molecule has 168 valence electrons. The van der Waals surface area contributed by atoms with Gasteiger partial charge in [0, 0.05) is 6.54 Å². The van der Waals surface area contributed by atoms with Crippen LogP contribution >= 0.6 is 0 Å². The summed E-state index contributed by atoms with van der Waals surface area (Å²) < 4.78 is 33.4. The number of amides is 1. The number of nitrogens with zero attached hydrogens (tertiary/aromatic N) is 1. The summed E-state index contributed by atoms with van der Waals surface area (Å²) in [7, 11) is -3.97. The number of ether oxygens (including phenoxy) is 1. The molecule has 7 heteroatoms. The van der Waals surface area contributed by atoms with Gasteiger partial charge in [-0.2, -0.15) is 0 Å². The molecule has 0 aliphatic heterocycles. The number of rotatable bonds is 9. The molecule has 0 aromatic heterocycles. The van der Waals surface area contributed by atoms with Gasteiger partial charge in [0.05, 0.1) is 17.2 Å². The lowest BCUT2D eigenvalue weighted by Gasteiger charge is -2.24. The molecule has 1 N–H and O–H groups in total. The number of hydrogen-bond donors (Lipinski definition) is 1. The quantitative estimate of drug-likeness (QED) is 0.528. The van der Waals surface area contributed by atoms with Crippen molar-refractivity contribution in [1.82, 2.24) is 5.32 Å². The van der Waals surface area contributed by atoms with Gasteiger partial charge < -0.3 is 10.1 Å². The summed E-state index contributed by atoms with van der Waals surface area (Å²) in [6.45, 7) is 6.25. The zero-order valence-corrected chi connectivity index (χ0v) is 19.4. The van der Waals surface area contributed by atoms with Crippen LogP contribution in [0.1, 0.15) is 23.6 Å². The standard InChI is InChI=1S/C25H28N2O4S/c1-4-31-23-12-14-24(15-13-23)32(29,30)27(22-10-8-19(2)9-11-22)18-25(28)26-17-21-7-5-6-20(3)16-21/h5-16H,4,17-18H2,1-3H3,(H,26,28). The van der Waals surface area contributed by atoms with Gasteiger partial charge in [0.25, 0.3) is 10.0 Å². The summed E-state index contributed by atoms with van der Waals surface area (Å²) in [6, 6.07) is 21.1. The third-order valence-corrected chi connectivity index (χ3v) is 6.69. The molecule has 32 heavy (non-hydrogen) atoms. The van der Waals surface area contributed by atoms with Gasteiger partial charge in [-0.15, -0.1) is 0 Å². The first-order valence-electron chi connectivity index (χ1n) is 10.4. The van der Waals surface area contributed by atoms with Gasteiger partial charge in [-0.25, -0.2) is 8.42 Å². The minimum absolute atomic E-state index is 0.0908. The second-order valence-corrected chi connectivity index (χ2v) is 9.38. The zero-order valence-electron chi connectivity index (χ0n) is 18.5. The van der Waals surface area contributed by atoms with Crippen molar-refractivity contribution < 1.29 is 17.9 Å². The average molecular weight is 453 g/mol. The van der Waals surface area contributed by atoms with Gasteiger partial charge in [-0.1, -0.05) is 47.5 Å². The highest BCUT2D eigenvalue weighted by Crippen LogP contribution is 2.25. The molecular formula is C25H28N2O4S. The van der Waals surface area contributed by atoms with Crippen LogP contribution in [-0.2, 0) is 21.4 Å². The van der Waals surface area contributed by atoms with E-state index in [0.717, 1.165) is 21.0 Å². The fourth-order valence-electron chi connectivity index (χ4n) is 3.24. The van der Waals surface area contributed by atoms with E-state index in [-0.39, 0.29) is 17.3 Å². The Kier molecular flexibility index (Phi) is 7.53. The molecule has 0 spiro atoms. The van der Waals surface area contributed by atoms with Crippen molar-refractivity contribution in [3.63, 3.8) is 0 Å². The number of sulfonamides is 1. The van der Waals surface area contributed by atoms with E-state index in [1.54, 1.807) is 24.3 Å². The molecular weight excluding hydrogens is 424 g/mol. The fraction of sp³-hybridized carbons (Fsp3) is 0.240. The van der Waals surface area contributed by atoms with Gasteiger partial charge in [0.2, 0.25) is 5.91 Å². The van der Waals surface area contributed by atoms with E-state index in [9.17, 15) is 13.2 Å². The molecule has 0 saturated carbocycles. The Labute approximate surface area is 189 Å². The van der Waals surface area contributed by atoms with E-state index >= 15 is 0 Å². The summed E-state index contributed by atoms with van der Waals surface area (Å²) in [5.74, 6) is 0.200. The number of aryl methyl sites for hydroxylation is 2. The molecule has 0 unspecified atom stereocenters. The van der Waals surface area contributed by atoms with Gasteiger partial charge in [-0.3, -0.25) is 9.10 Å². The van der Waals surface area contributed by atoms with Gasteiger partial charge in [0.15, 0.2) is 0 Å². The highest BCUT2D eigenvalue weighted by atomic mass is 32.2. The average Bonchev–Trinajstić information content (AvgIpc) is 2.77. The van der Waals surface area contributed by atoms with Crippen LogP contribution in [0.25, 0.3) is 0 Å². The topological polar surface area (TPSA) is 75.7 Å². The Balaban J connectivity index is 1.84. The SMILES string of the molecule is CCOc1ccc(S(=O)(=O)N(CC(=O)NCc2cccc(C)c2)c2ccc(C)cc2)cc1. The van der Waals surface area contributed by atoms with Crippen LogP contribution < -0.4 is 14.4 Å². The predicted molar refractivity (Wildman–Crippen MR) is 126 cm³/mol. The maximum atomic E-state index is 13.4. The Hall–Kier alpha value is -3.32. The second-order valence-electron chi connectivity index (χ2n) is 7.52. The summed E-state index contributed by atoms with van der Waals surface area (Å²) in [5, 5.41) is 2.82. The number of carbonyl (C=O) groups excluding carboxylic acids is 1. The highest BCUT2D eigenvalue weighted by Gasteiger charge is 2.27. The van der Waals surface area contributed by atoms with E-state index in [4.69, 9.17) is 4.74 Å². The van der Waals surface area contributed by atoms with E-state index in [0.29, 0.717) is 24.6 Å². The molecule has 0 radical (unpaired) electrons. The summed E-state index contributed by atoms with van der Waals surface area (Å²) >= 11 is 0. The van der Waals surface area contributed by atoms with Crippen LogP contribution in [-0.4, -0.2) is 27.5 Å². The number of carbonyl (C=O) groups is 1. The summed E-state index contributed by atoms with van der Waals surface area (Å²) in [4.78, 5) is 12.8. The van der Waals surface area contributed by atoms with Crippen molar-refractivity contribution in [3.8, 4) is 5.75 Å². The van der Waals surface area contributed by atoms with Crippen LogP contribution in [0.3, 0.4) is 0 Å². The smallest absolute Gasteiger partial charge is 0.264 e. The maximum Gasteiger partial charge on any atom is 0.264 e. The predicted octanol–water partition coefficient (Wildman–Crippen LogP) is 4.21. The Morgan fingerprint density at radius 1 is 0.938 bits per heavy atom. The Morgan fingerprint density at radius 2 is 1.62 bits per heavy atom. The first kappa shape index (κ1) is 23.3. The molecule has 3 aromatic rings. The summed E-state index contributed by atoms with van der Waals surface area (Å²) in [5.41, 5.74) is 3.47. The minimum Gasteiger partial charge on any atom is -0.494 e. The van der Waals surface area contributed by atoms with Gasteiger partial charge in [-0.05, 0) is 62.7 Å². The van der Waals surface area contributed by atoms with E-state index in [1.165, 1.54) is 12.1 Å². The lowest BCUT2D eigenvalue weighted by molar-refractivity contribution is -0.119. The van der Waals surface area contributed by atoms with Crippen molar-refractivity contribution in [2.45, 2.75) is 32.2 Å². The molecule has 1 amide bonds. The van der Waals surface area contributed by atoms with Gasteiger partial charge >= 0.3 is 0 Å². The first-order chi connectivity index (χ1) is 15.3. The lowest BCUT2D eigenvalue weighted by atomic mass is 10.1. The molecule has 0 fully saturated rings. The molecule has 3 rings (SSSR count). The van der Waals surface area contributed by atoms with Crippen molar-refractivity contribution in [2.24, 2.45) is 0 Å². The van der Waals surface area contributed by atoms with Crippen molar-refractivity contribution in [3.05, 3.63) is 89.5 Å². The molecule has 0 heterocycles. The van der Waals surface area contributed by atoms with Gasteiger partial charge in [0.1, 0.15) is 12.3 Å². The third-order valence-electron chi connectivity index (χ3n) is 4.90. The molecule has 0 aliphatic rings. The normalized spacial score (nSPS) is 11.1. The van der Waals surface area contributed by atoms with E-state index in [2.05, 4.69) is 5.32 Å². The minimum atomic E-state index is -3.97. The van der Waals surface area contributed by atoms with Crippen molar-refractivity contribution in [2.75, 3.05) is 17.5 Å². The molecule has 0 bridgehead atoms. The Bertz CT molecular complexity index is 1160. The maximum absolute atomic E-state index is 13.4. The highest BCUT2D eigenvalue weighted by molar-refractivity contribution is 7.92. The number of benzene rings is 3. The van der Waals surface area contributed by atoms with E-state index in [1.807, 2.05) is 57.2 Å². The Morgan fingerprint density at radius 3 is 2.25 bits per heavy atom. The fourth-order valence-corrected chi connectivity index (χ4v) is 4.66. The third kappa shape index (κ3) is 5.88. The molecule has 6 nitrogen and oxygen atoms in total. The zero-order chi connectivity index (χ0) is 23.1. The first-order valence-corrected chi connectivity index (χ1v) is 11.9. The molecule has 0 aliphatic carbocycles. The molecule has 3 aromatic carbocycles. The van der Waals surface area contributed by atoms with E-state index < -0.39 is 10.0 Å². The molecule has 0 atom stereocenters. The van der Waals surface area contributed by atoms with Crippen LogP contribution in [0, 0.1) is 13.8 Å². The molecule has 0 saturated heterocycles. The number of anilines is 1. The summed E-state index contributed by atoms with van der Waals surface area (Å²) in [6.07, 6.45) is 0. The van der Waals surface area contributed by atoms with Crippen LogP contribution in [0.2, 0.25) is 0 Å². The largest absolute Gasteiger partial charge is 0.494 e. The van der Waals surface area contributed by atoms with Crippen LogP contribution in [0.5, 0.6) is 5.75 Å². The number of hydrogen-bond acceptors (Lipinski definition) is 4. The number of nitrogens with one attached hydrogen (secondary N) is 1. The second kappa shape index (κ2) is 10.3. The van der Waals surface area contributed by atoms with Crippen molar-refractivity contribution in [1.29, 1.82) is 0 Å². The van der Waals surface area contributed by atoms with Crippen LogP contribution in [0.15, 0.2) is 77.7 Å². The monoisotopic (exact) mass is 452 g/mol. The van der Waals surface area contributed by atoms with Crippen LogP contribution in [0.4, 0.5) is 5.69 Å². The lowest BCUT2D eigenvalue weighted by Crippen LogP contribution is -2.40.